The number of halogens is 1. The van der Waals surface area contributed by atoms with E-state index in [1.54, 1.807) is 16.7 Å². The summed E-state index contributed by atoms with van der Waals surface area (Å²) in [7, 11) is 1.47. The van der Waals surface area contributed by atoms with Crippen molar-refractivity contribution in [2.24, 2.45) is 0 Å². The van der Waals surface area contributed by atoms with Gasteiger partial charge in [-0.2, -0.15) is 9.97 Å². The van der Waals surface area contributed by atoms with Gasteiger partial charge in [0.2, 0.25) is 11.2 Å². The predicted molar refractivity (Wildman–Crippen MR) is 74.8 cm³/mol. The van der Waals surface area contributed by atoms with Gasteiger partial charge in [0.25, 0.3) is 0 Å². The minimum Gasteiger partial charge on any atom is -0.479 e. The topological polar surface area (TPSA) is 82.3 Å². The number of imidazole rings is 1. The lowest BCUT2D eigenvalue weighted by atomic mass is 10.1. The van der Waals surface area contributed by atoms with E-state index < -0.39 is 11.8 Å². The summed E-state index contributed by atoms with van der Waals surface area (Å²) < 4.78 is 12.5. The highest BCUT2D eigenvalue weighted by Gasteiger charge is 2.35. The largest absolute Gasteiger partial charge is 0.479 e. The molecule has 2 aromatic rings. The average Bonchev–Trinajstić information content (AvgIpc) is 3.10. The molecule has 108 valence electrons. The number of aliphatic hydroxyl groups is 1. The Hall–Kier alpha value is -2.14. The molecule has 2 aromatic heterocycles. The molecule has 1 aliphatic heterocycles. The van der Waals surface area contributed by atoms with Crippen molar-refractivity contribution in [1.82, 2.24) is 19.5 Å². The molecule has 0 unspecified atom stereocenters. The molecule has 0 bridgehead atoms. The highest BCUT2D eigenvalue weighted by atomic mass is 35.5. The molecule has 2 atom stereocenters. The number of fused-ring (bicyclic) bond motifs is 1. The Morgan fingerprint density at radius 3 is 3.05 bits per heavy atom. The van der Waals surface area contributed by atoms with Crippen LogP contribution >= 0.6 is 11.6 Å². The zero-order valence-corrected chi connectivity index (χ0v) is 11.8. The zero-order valence-electron chi connectivity index (χ0n) is 11.0. The maximum absolute atomic E-state index is 9.36. The number of methoxy groups -OCH3 is 1. The molecule has 0 spiro atoms. The summed E-state index contributed by atoms with van der Waals surface area (Å²) in [5.41, 5.74) is -0.226. The van der Waals surface area contributed by atoms with Crippen LogP contribution in [0.25, 0.3) is 11.2 Å². The van der Waals surface area contributed by atoms with Gasteiger partial charge < -0.3 is 14.6 Å². The second kappa shape index (κ2) is 5.00. The number of ether oxygens (including phenoxy) is 2. The molecular weight excluding hydrogens is 296 g/mol. The van der Waals surface area contributed by atoms with E-state index in [2.05, 4.69) is 20.9 Å². The van der Waals surface area contributed by atoms with Crippen LogP contribution in [-0.4, -0.2) is 43.9 Å². The molecule has 0 aromatic carbocycles. The number of hydrogen-bond acceptors (Lipinski definition) is 6. The summed E-state index contributed by atoms with van der Waals surface area (Å²) in [5.74, 6) is 2.70. The smallest absolute Gasteiger partial charge is 0.246 e. The molecule has 8 heteroatoms. The Kier molecular flexibility index (Phi) is 3.29. The molecule has 0 saturated carbocycles. The lowest BCUT2D eigenvalue weighted by molar-refractivity contribution is -0.0470. The fourth-order valence-electron chi connectivity index (χ4n) is 2.09. The fourth-order valence-corrected chi connectivity index (χ4v) is 2.25. The predicted octanol–water partition coefficient (Wildman–Crippen LogP) is 0.938. The van der Waals surface area contributed by atoms with Crippen LogP contribution in [0.3, 0.4) is 0 Å². The summed E-state index contributed by atoms with van der Waals surface area (Å²) in [4.78, 5) is 12.3. The molecular formula is C13H11ClN4O3. The molecule has 21 heavy (non-hydrogen) atoms. The second-order valence-corrected chi connectivity index (χ2v) is 4.72. The summed E-state index contributed by atoms with van der Waals surface area (Å²) in [6, 6.07) is 0. The highest BCUT2D eigenvalue weighted by Crippen LogP contribution is 2.32. The normalized spacial score (nSPS) is 24.4. The van der Waals surface area contributed by atoms with Crippen LogP contribution in [0, 0.1) is 12.3 Å². The monoisotopic (exact) mass is 306 g/mol. The van der Waals surface area contributed by atoms with Gasteiger partial charge in [-0.15, -0.1) is 6.42 Å². The van der Waals surface area contributed by atoms with Crippen LogP contribution in [0.1, 0.15) is 6.23 Å². The second-order valence-electron chi connectivity index (χ2n) is 4.39. The van der Waals surface area contributed by atoms with Gasteiger partial charge in [0.15, 0.2) is 23.0 Å². The molecule has 7 nitrogen and oxygen atoms in total. The fraction of sp³-hybridized carbons (Fsp3) is 0.308. The van der Waals surface area contributed by atoms with E-state index in [1.807, 2.05) is 0 Å². The first-order chi connectivity index (χ1) is 10.1. The van der Waals surface area contributed by atoms with Crippen LogP contribution in [0.15, 0.2) is 18.5 Å². The molecule has 1 N–H and O–H groups in total. The van der Waals surface area contributed by atoms with Gasteiger partial charge in [0.1, 0.15) is 0 Å². The number of terminal acetylenes is 1. The van der Waals surface area contributed by atoms with E-state index in [4.69, 9.17) is 27.5 Å². The van der Waals surface area contributed by atoms with Crippen LogP contribution in [0.5, 0.6) is 5.88 Å². The lowest BCUT2D eigenvalue weighted by Crippen LogP contribution is -2.31. The number of hydrogen-bond donors (Lipinski definition) is 1. The first-order valence-corrected chi connectivity index (χ1v) is 6.40. The van der Waals surface area contributed by atoms with E-state index in [-0.39, 0.29) is 17.8 Å². The highest BCUT2D eigenvalue weighted by molar-refractivity contribution is 6.28. The SMILES string of the molecule is C#C[C@@]1(CO)C=C[C@H](n2cnc3c(OC)nc(Cl)nc32)O1. The third-order valence-corrected chi connectivity index (χ3v) is 3.34. The number of nitrogens with zero attached hydrogens (tertiary/aromatic N) is 4. The van der Waals surface area contributed by atoms with Crippen LogP contribution in [0.2, 0.25) is 5.28 Å². The van der Waals surface area contributed by atoms with E-state index >= 15 is 0 Å². The summed E-state index contributed by atoms with van der Waals surface area (Å²) in [6.07, 6.45) is 9.73. The Labute approximate surface area is 125 Å². The molecule has 0 radical (unpaired) electrons. The van der Waals surface area contributed by atoms with Crippen molar-refractivity contribution >= 4 is 22.8 Å². The van der Waals surface area contributed by atoms with Crippen molar-refractivity contribution in [3.05, 3.63) is 23.8 Å². The van der Waals surface area contributed by atoms with Crippen molar-refractivity contribution in [3.8, 4) is 18.2 Å². The third kappa shape index (κ3) is 2.14. The molecule has 0 aliphatic carbocycles. The van der Waals surface area contributed by atoms with E-state index in [0.29, 0.717) is 11.2 Å². The van der Waals surface area contributed by atoms with Crippen LogP contribution < -0.4 is 4.74 Å². The minimum atomic E-state index is -1.14. The zero-order chi connectivity index (χ0) is 15.0. The molecule has 0 saturated heterocycles. The molecule has 3 rings (SSSR count). The van der Waals surface area contributed by atoms with Crippen molar-refractivity contribution in [1.29, 1.82) is 0 Å². The molecule has 0 fully saturated rings. The van der Waals surface area contributed by atoms with E-state index in [9.17, 15) is 5.11 Å². The summed E-state index contributed by atoms with van der Waals surface area (Å²) in [5, 5.41) is 9.40. The Morgan fingerprint density at radius 2 is 2.43 bits per heavy atom. The first kappa shape index (κ1) is 13.8. The Morgan fingerprint density at radius 1 is 1.62 bits per heavy atom. The number of rotatable bonds is 3. The Bertz CT molecular complexity index is 767. The van der Waals surface area contributed by atoms with Crippen molar-refractivity contribution < 1.29 is 14.6 Å². The van der Waals surface area contributed by atoms with Crippen molar-refractivity contribution in [2.75, 3.05) is 13.7 Å². The van der Waals surface area contributed by atoms with E-state index in [0.717, 1.165) is 0 Å². The van der Waals surface area contributed by atoms with E-state index in [1.165, 1.54) is 13.4 Å². The van der Waals surface area contributed by atoms with Gasteiger partial charge in [-0.3, -0.25) is 4.57 Å². The van der Waals surface area contributed by atoms with Gasteiger partial charge in [-0.1, -0.05) is 5.92 Å². The number of aromatic nitrogens is 4. The first-order valence-electron chi connectivity index (χ1n) is 6.02. The molecule has 1 aliphatic rings. The molecule has 0 amide bonds. The van der Waals surface area contributed by atoms with Crippen molar-refractivity contribution in [3.63, 3.8) is 0 Å². The quantitative estimate of drug-likeness (QED) is 0.516. The average molecular weight is 307 g/mol. The standard InChI is InChI=1S/C13H11ClN4O3/c1-3-13(6-19)5-4-8(21-13)18-7-15-9-10(18)16-12(14)17-11(9)20-2/h1,4-5,7-8,19H,6H2,2H3/t8-,13+/m1/s1. The van der Waals surface area contributed by atoms with Gasteiger partial charge in [-0.25, -0.2) is 4.98 Å². The van der Waals surface area contributed by atoms with Gasteiger partial charge in [0.05, 0.1) is 20.0 Å². The van der Waals surface area contributed by atoms with Crippen molar-refractivity contribution in [2.45, 2.75) is 11.8 Å². The summed E-state index contributed by atoms with van der Waals surface area (Å²) >= 11 is 5.87. The van der Waals surface area contributed by atoms with Crippen LogP contribution in [0.4, 0.5) is 0 Å². The summed E-state index contributed by atoms with van der Waals surface area (Å²) in [6.45, 7) is -0.317. The minimum absolute atomic E-state index is 0.0356. The Balaban J connectivity index is 2.06. The lowest BCUT2D eigenvalue weighted by Gasteiger charge is -2.21. The maximum Gasteiger partial charge on any atom is 0.246 e. The maximum atomic E-state index is 9.36. The van der Waals surface area contributed by atoms with Gasteiger partial charge in [0, 0.05) is 0 Å². The molecule has 3 heterocycles. The third-order valence-electron chi connectivity index (χ3n) is 3.17. The van der Waals surface area contributed by atoms with Gasteiger partial charge >= 0.3 is 0 Å². The van der Waals surface area contributed by atoms with Crippen LogP contribution in [-0.2, 0) is 4.74 Å². The number of aliphatic hydroxyl groups excluding tert-OH is 1. The van der Waals surface area contributed by atoms with Gasteiger partial charge in [-0.05, 0) is 23.8 Å².